The Morgan fingerprint density at radius 2 is 1.68 bits per heavy atom. The molecule has 3 heteroatoms. The molecule has 0 unspecified atom stereocenters. The topological polar surface area (TPSA) is 49.3 Å². The van der Waals surface area contributed by atoms with E-state index in [0.29, 0.717) is 11.3 Å². The van der Waals surface area contributed by atoms with Gasteiger partial charge in [-0.05, 0) is 23.1 Å². The van der Waals surface area contributed by atoms with Gasteiger partial charge in [-0.1, -0.05) is 57.2 Å². The van der Waals surface area contributed by atoms with Crippen molar-refractivity contribution in [3.8, 4) is 5.75 Å². The number of ketones is 1. The Hall–Kier alpha value is -2.55. The van der Waals surface area contributed by atoms with Crippen molar-refractivity contribution in [3.05, 3.63) is 71.9 Å². The van der Waals surface area contributed by atoms with E-state index in [1.165, 1.54) is 17.8 Å². The van der Waals surface area contributed by atoms with Crippen LogP contribution in [0, 0.1) is 0 Å². The van der Waals surface area contributed by atoms with Crippen molar-refractivity contribution in [2.24, 2.45) is 0 Å². The molecule has 0 aliphatic heterocycles. The summed E-state index contributed by atoms with van der Waals surface area (Å²) in [6, 6.07) is 14.5. The maximum Gasteiger partial charge on any atom is 0.187 e. The molecule has 114 valence electrons. The lowest BCUT2D eigenvalue weighted by molar-refractivity contribution is 0.104. The highest BCUT2D eigenvalue weighted by Gasteiger charge is 2.13. The van der Waals surface area contributed by atoms with E-state index in [4.69, 9.17) is 0 Å². The molecule has 0 radical (unpaired) electrons. The van der Waals surface area contributed by atoms with Gasteiger partial charge in [0.25, 0.3) is 0 Å². The van der Waals surface area contributed by atoms with Crippen LogP contribution >= 0.6 is 0 Å². The summed E-state index contributed by atoms with van der Waals surface area (Å²) in [5.41, 5.74) is 2.47. The molecule has 0 spiro atoms. The van der Waals surface area contributed by atoms with Crippen molar-refractivity contribution in [3.63, 3.8) is 0 Å². The number of para-hydroxylation sites is 2. The van der Waals surface area contributed by atoms with Gasteiger partial charge in [0, 0.05) is 17.8 Å². The van der Waals surface area contributed by atoms with Gasteiger partial charge in [-0.15, -0.1) is 0 Å². The maximum absolute atomic E-state index is 12.1. The van der Waals surface area contributed by atoms with E-state index >= 15 is 0 Å². The Labute approximate surface area is 131 Å². The molecule has 0 atom stereocenters. The van der Waals surface area contributed by atoms with Gasteiger partial charge in [0.15, 0.2) is 5.78 Å². The van der Waals surface area contributed by atoms with Crippen molar-refractivity contribution >= 4 is 11.5 Å². The molecule has 0 saturated carbocycles. The Morgan fingerprint density at radius 3 is 2.27 bits per heavy atom. The van der Waals surface area contributed by atoms with Gasteiger partial charge >= 0.3 is 0 Å². The fraction of sp³-hybridized carbons (Fsp3) is 0.211. The highest BCUT2D eigenvalue weighted by atomic mass is 16.3. The molecule has 0 aliphatic rings. The van der Waals surface area contributed by atoms with Crippen molar-refractivity contribution in [1.29, 1.82) is 0 Å². The molecule has 2 aromatic carbocycles. The zero-order chi connectivity index (χ0) is 16.2. The number of phenols is 1. The molecule has 0 bridgehead atoms. The lowest BCUT2D eigenvalue weighted by Crippen LogP contribution is -2.11. The van der Waals surface area contributed by atoms with Crippen LogP contribution in [0.25, 0.3) is 0 Å². The zero-order valence-corrected chi connectivity index (χ0v) is 13.1. The molecule has 0 fully saturated rings. The predicted octanol–water partition coefficient (Wildman–Crippen LogP) is 4.50. The Kier molecular flexibility index (Phi) is 4.66. The molecule has 0 aliphatic carbocycles. The SMILES string of the molecule is CC(C)(C)c1ccc(C(=O)C=CNc2ccccc2O)cc1. The molecule has 0 aromatic heterocycles. The van der Waals surface area contributed by atoms with Crippen LogP contribution in [0.4, 0.5) is 5.69 Å². The van der Waals surface area contributed by atoms with E-state index in [-0.39, 0.29) is 16.9 Å². The van der Waals surface area contributed by atoms with Crippen molar-refractivity contribution in [2.45, 2.75) is 26.2 Å². The largest absolute Gasteiger partial charge is 0.506 e. The molecule has 2 aromatic rings. The number of benzene rings is 2. The predicted molar refractivity (Wildman–Crippen MR) is 90.3 cm³/mol. The van der Waals surface area contributed by atoms with Crippen LogP contribution in [0.2, 0.25) is 0 Å². The van der Waals surface area contributed by atoms with Gasteiger partial charge in [-0.2, -0.15) is 0 Å². The number of carbonyl (C=O) groups excluding carboxylic acids is 1. The number of phenolic OH excluding ortho intramolecular Hbond substituents is 1. The van der Waals surface area contributed by atoms with Gasteiger partial charge < -0.3 is 10.4 Å². The van der Waals surface area contributed by atoms with Gasteiger partial charge in [0.1, 0.15) is 5.75 Å². The summed E-state index contributed by atoms with van der Waals surface area (Å²) in [6.07, 6.45) is 2.99. The molecule has 0 heterocycles. The molecule has 0 saturated heterocycles. The smallest absolute Gasteiger partial charge is 0.187 e. The molecule has 2 rings (SSSR count). The number of rotatable bonds is 4. The minimum Gasteiger partial charge on any atom is -0.506 e. The number of nitrogens with one attached hydrogen (secondary N) is 1. The zero-order valence-electron chi connectivity index (χ0n) is 13.1. The van der Waals surface area contributed by atoms with Crippen LogP contribution in [-0.2, 0) is 5.41 Å². The second-order valence-corrected chi connectivity index (χ2v) is 6.19. The fourth-order valence-electron chi connectivity index (χ4n) is 2.03. The number of carbonyl (C=O) groups is 1. The molecule has 2 N–H and O–H groups in total. The molecule has 0 amide bonds. The lowest BCUT2D eigenvalue weighted by atomic mass is 9.86. The molecule has 3 nitrogen and oxygen atoms in total. The first-order chi connectivity index (χ1) is 10.4. The van der Waals surface area contributed by atoms with Gasteiger partial charge in [0.05, 0.1) is 5.69 Å². The highest BCUT2D eigenvalue weighted by Crippen LogP contribution is 2.23. The summed E-state index contributed by atoms with van der Waals surface area (Å²) >= 11 is 0. The average Bonchev–Trinajstić information content (AvgIpc) is 2.48. The van der Waals surface area contributed by atoms with Gasteiger partial charge in [0.2, 0.25) is 0 Å². The van der Waals surface area contributed by atoms with E-state index in [1.807, 2.05) is 30.3 Å². The van der Waals surface area contributed by atoms with E-state index in [0.717, 1.165) is 0 Å². The van der Waals surface area contributed by atoms with Crippen LogP contribution in [0.15, 0.2) is 60.8 Å². The van der Waals surface area contributed by atoms with Crippen molar-refractivity contribution in [1.82, 2.24) is 0 Å². The van der Waals surface area contributed by atoms with Crippen LogP contribution in [0.5, 0.6) is 5.75 Å². The number of aromatic hydroxyl groups is 1. The van der Waals surface area contributed by atoms with Gasteiger partial charge in [-0.25, -0.2) is 0 Å². The second kappa shape index (κ2) is 6.48. The monoisotopic (exact) mass is 295 g/mol. The fourth-order valence-corrected chi connectivity index (χ4v) is 2.03. The van der Waals surface area contributed by atoms with Gasteiger partial charge in [-0.3, -0.25) is 4.79 Å². The normalized spacial score (nSPS) is 11.6. The van der Waals surface area contributed by atoms with E-state index in [2.05, 4.69) is 26.1 Å². The third-order valence-electron chi connectivity index (χ3n) is 3.41. The van der Waals surface area contributed by atoms with Crippen LogP contribution in [0.1, 0.15) is 36.7 Å². The first-order valence-corrected chi connectivity index (χ1v) is 7.24. The number of anilines is 1. The number of hydrogen-bond acceptors (Lipinski definition) is 3. The minimum atomic E-state index is -0.0802. The standard InChI is InChI=1S/C19H21NO2/c1-19(2,3)15-10-8-14(9-11-15)17(21)12-13-20-16-6-4-5-7-18(16)22/h4-13,20,22H,1-3H3. The lowest BCUT2D eigenvalue weighted by Gasteiger charge is -2.18. The first kappa shape index (κ1) is 15.8. The third-order valence-corrected chi connectivity index (χ3v) is 3.41. The summed E-state index contributed by atoms with van der Waals surface area (Å²) in [5, 5.41) is 12.5. The van der Waals surface area contributed by atoms with E-state index in [9.17, 15) is 9.90 Å². The number of hydrogen-bond donors (Lipinski definition) is 2. The van der Waals surface area contributed by atoms with E-state index < -0.39 is 0 Å². The average molecular weight is 295 g/mol. The summed E-state index contributed by atoms with van der Waals surface area (Å²) < 4.78 is 0. The number of allylic oxidation sites excluding steroid dienone is 1. The maximum atomic E-state index is 12.1. The van der Waals surface area contributed by atoms with Crippen LogP contribution < -0.4 is 5.32 Å². The Bertz CT molecular complexity index is 679. The summed E-state index contributed by atoms with van der Waals surface area (Å²) in [6.45, 7) is 6.42. The summed E-state index contributed by atoms with van der Waals surface area (Å²) in [5.74, 6) is 0.0671. The van der Waals surface area contributed by atoms with Crippen LogP contribution in [-0.4, -0.2) is 10.9 Å². The van der Waals surface area contributed by atoms with Crippen LogP contribution in [0.3, 0.4) is 0 Å². The molecule has 22 heavy (non-hydrogen) atoms. The van der Waals surface area contributed by atoms with Crippen molar-refractivity contribution in [2.75, 3.05) is 5.32 Å². The quantitative estimate of drug-likeness (QED) is 0.496. The summed E-state index contributed by atoms with van der Waals surface area (Å²) in [4.78, 5) is 12.1. The minimum absolute atomic E-state index is 0.0732. The third kappa shape index (κ3) is 3.98. The Morgan fingerprint density at radius 1 is 1.05 bits per heavy atom. The Balaban J connectivity index is 2.03. The highest BCUT2D eigenvalue weighted by molar-refractivity contribution is 6.04. The molecular weight excluding hydrogens is 274 g/mol. The summed E-state index contributed by atoms with van der Waals surface area (Å²) in [7, 11) is 0. The van der Waals surface area contributed by atoms with Crippen molar-refractivity contribution < 1.29 is 9.90 Å². The second-order valence-electron chi connectivity index (χ2n) is 6.19. The first-order valence-electron chi connectivity index (χ1n) is 7.24. The van der Waals surface area contributed by atoms with E-state index in [1.54, 1.807) is 18.2 Å². The molecular formula is C19H21NO2.